The van der Waals surface area contributed by atoms with Crippen LogP contribution >= 0.6 is 0 Å². The molecule has 0 radical (unpaired) electrons. The number of nitrogens with zero attached hydrogens (tertiary/aromatic N) is 1. The lowest BCUT2D eigenvalue weighted by atomic mass is 10.1. The zero-order valence-corrected chi connectivity index (χ0v) is 11.5. The van der Waals surface area contributed by atoms with Crippen molar-refractivity contribution in [2.75, 3.05) is 18.2 Å². The van der Waals surface area contributed by atoms with E-state index in [1.165, 1.54) is 7.11 Å². The predicted molar refractivity (Wildman–Crippen MR) is 78.5 cm³/mol. The first-order valence-corrected chi connectivity index (χ1v) is 6.27. The van der Waals surface area contributed by atoms with Gasteiger partial charge in [-0.2, -0.15) is 0 Å². The van der Waals surface area contributed by atoms with Gasteiger partial charge in [-0.15, -0.1) is 0 Å². The van der Waals surface area contributed by atoms with E-state index in [9.17, 15) is 4.79 Å². The van der Waals surface area contributed by atoms with Crippen LogP contribution in [0.2, 0.25) is 0 Å². The number of ether oxygens (including phenoxy) is 1. The van der Waals surface area contributed by atoms with Crippen molar-refractivity contribution in [3.8, 4) is 0 Å². The molecule has 0 bridgehead atoms. The van der Waals surface area contributed by atoms with Gasteiger partial charge in [0.05, 0.1) is 24.4 Å². The summed E-state index contributed by atoms with van der Waals surface area (Å²) in [6.45, 7) is 2.00. The molecule has 0 aliphatic carbocycles. The zero-order chi connectivity index (χ0) is 14.5. The van der Waals surface area contributed by atoms with Gasteiger partial charge < -0.3 is 15.8 Å². The molecule has 20 heavy (non-hydrogen) atoms. The number of hydrogen-bond donors (Lipinski definition) is 2. The first-order valence-electron chi connectivity index (χ1n) is 6.27. The molecule has 0 amide bonds. The number of anilines is 2. The molecule has 0 fully saturated rings. The molecule has 1 aromatic heterocycles. The molecule has 5 nitrogen and oxygen atoms in total. The lowest BCUT2D eigenvalue weighted by molar-refractivity contribution is 0.0602. The molecule has 0 aliphatic rings. The summed E-state index contributed by atoms with van der Waals surface area (Å²) in [6.07, 6.45) is 1.75. The second-order valence-electron chi connectivity index (χ2n) is 4.41. The number of pyridine rings is 1. The highest BCUT2D eigenvalue weighted by Gasteiger charge is 2.12. The minimum atomic E-state index is -0.448. The molecule has 104 valence electrons. The van der Waals surface area contributed by atoms with E-state index in [0.29, 0.717) is 11.3 Å². The zero-order valence-electron chi connectivity index (χ0n) is 11.5. The van der Waals surface area contributed by atoms with Crippen molar-refractivity contribution in [2.24, 2.45) is 0 Å². The molecule has 0 saturated carbocycles. The van der Waals surface area contributed by atoms with Gasteiger partial charge in [-0.1, -0.05) is 6.07 Å². The number of hydrogen-bond acceptors (Lipinski definition) is 5. The van der Waals surface area contributed by atoms with Crippen molar-refractivity contribution in [1.82, 2.24) is 4.98 Å². The molecule has 0 spiro atoms. The minimum Gasteiger partial charge on any atom is -0.465 e. The normalized spacial score (nSPS) is 11.7. The van der Waals surface area contributed by atoms with Crippen LogP contribution in [0.3, 0.4) is 0 Å². The van der Waals surface area contributed by atoms with E-state index in [1.807, 2.05) is 31.2 Å². The highest BCUT2D eigenvalue weighted by Crippen LogP contribution is 2.22. The molecule has 1 atom stereocenters. The molecule has 2 aromatic rings. The molecular weight excluding hydrogens is 254 g/mol. The number of carbonyl (C=O) groups excluding carboxylic acids is 1. The Morgan fingerprint density at radius 1 is 1.35 bits per heavy atom. The maximum Gasteiger partial charge on any atom is 0.340 e. The lowest BCUT2D eigenvalue weighted by Crippen LogP contribution is -2.10. The Bertz CT molecular complexity index is 599. The Morgan fingerprint density at radius 2 is 2.15 bits per heavy atom. The van der Waals surface area contributed by atoms with Gasteiger partial charge in [-0.05, 0) is 37.3 Å². The van der Waals surface area contributed by atoms with E-state index >= 15 is 0 Å². The minimum absolute atomic E-state index is 0.0188. The van der Waals surface area contributed by atoms with Gasteiger partial charge >= 0.3 is 5.97 Å². The monoisotopic (exact) mass is 271 g/mol. The number of nitrogens with one attached hydrogen (secondary N) is 1. The molecule has 2 rings (SSSR count). The number of aromatic nitrogens is 1. The third-order valence-corrected chi connectivity index (χ3v) is 2.97. The Kier molecular flexibility index (Phi) is 4.20. The highest BCUT2D eigenvalue weighted by molar-refractivity contribution is 5.96. The van der Waals surface area contributed by atoms with E-state index in [1.54, 1.807) is 18.3 Å². The van der Waals surface area contributed by atoms with Crippen LogP contribution in [0.1, 0.15) is 29.0 Å². The third-order valence-electron chi connectivity index (χ3n) is 2.97. The van der Waals surface area contributed by atoms with Crippen LogP contribution in [-0.4, -0.2) is 18.1 Å². The fourth-order valence-corrected chi connectivity index (χ4v) is 1.89. The van der Waals surface area contributed by atoms with Crippen molar-refractivity contribution in [3.05, 3.63) is 53.9 Å². The Labute approximate surface area is 117 Å². The largest absolute Gasteiger partial charge is 0.465 e. The average molecular weight is 271 g/mol. The third kappa shape index (κ3) is 3.06. The van der Waals surface area contributed by atoms with Crippen LogP contribution in [0.25, 0.3) is 0 Å². The summed E-state index contributed by atoms with van der Waals surface area (Å²) < 4.78 is 4.70. The summed E-state index contributed by atoms with van der Waals surface area (Å²) in [4.78, 5) is 15.9. The smallest absolute Gasteiger partial charge is 0.340 e. The maximum absolute atomic E-state index is 11.6. The molecule has 1 aromatic carbocycles. The van der Waals surface area contributed by atoms with Crippen LogP contribution in [0.5, 0.6) is 0 Å². The van der Waals surface area contributed by atoms with Gasteiger partial charge in [0.15, 0.2) is 0 Å². The fourth-order valence-electron chi connectivity index (χ4n) is 1.89. The Hall–Kier alpha value is -2.56. The van der Waals surface area contributed by atoms with Gasteiger partial charge in [0, 0.05) is 17.6 Å². The number of carbonyl (C=O) groups is 1. The Morgan fingerprint density at radius 3 is 2.80 bits per heavy atom. The van der Waals surface area contributed by atoms with E-state index < -0.39 is 5.97 Å². The van der Waals surface area contributed by atoms with Crippen LogP contribution in [0.15, 0.2) is 42.6 Å². The molecule has 0 saturated heterocycles. The number of esters is 1. The van der Waals surface area contributed by atoms with E-state index in [0.717, 1.165) is 11.4 Å². The van der Waals surface area contributed by atoms with Crippen LogP contribution in [0, 0.1) is 0 Å². The average Bonchev–Trinajstić information content (AvgIpc) is 2.49. The summed E-state index contributed by atoms with van der Waals surface area (Å²) in [5.41, 5.74) is 8.23. The summed E-state index contributed by atoms with van der Waals surface area (Å²) in [6, 6.07) is 10.9. The Balaban J connectivity index is 2.20. The van der Waals surface area contributed by atoms with E-state index in [2.05, 4.69) is 10.3 Å². The first kappa shape index (κ1) is 13.9. The fraction of sp³-hybridized carbons (Fsp3) is 0.200. The van der Waals surface area contributed by atoms with E-state index in [-0.39, 0.29) is 6.04 Å². The standard InChI is InChI=1S/C15H17N3O2/c1-10(14-5-3-4-8-17-14)18-11-6-7-13(16)12(9-11)15(19)20-2/h3-10,18H,16H2,1-2H3. The van der Waals surface area contributed by atoms with Crippen molar-refractivity contribution < 1.29 is 9.53 Å². The number of nitrogen functional groups attached to an aromatic ring is 1. The van der Waals surface area contributed by atoms with Crippen molar-refractivity contribution in [3.63, 3.8) is 0 Å². The van der Waals surface area contributed by atoms with Crippen LogP contribution in [-0.2, 0) is 4.74 Å². The molecule has 0 aliphatic heterocycles. The highest BCUT2D eigenvalue weighted by atomic mass is 16.5. The first-order chi connectivity index (χ1) is 9.61. The summed E-state index contributed by atoms with van der Waals surface area (Å²) in [5.74, 6) is -0.448. The maximum atomic E-state index is 11.6. The number of benzene rings is 1. The van der Waals surface area contributed by atoms with Crippen molar-refractivity contribution >= 4 is 17.3 Å². The van der Waals surface area contributed by atoms with Gasteiger partial charge in [0.1, 0.15) is 0 Å². The molecule has 1 heterocycles. The summed E-state index contributed by atoms with van der Waals surface area (Å²) >= 11 is 0. The second-order valence-corrected chi connectivity index (χ2v) is 4.41. The van der Waals surface area contributed by atoms with Crippen molar-refractivity contribution in [1.29, 1.82) is 0 Å². The van der Waals surface area contributed by atoms with Crippen molar-refractivity contribution in [2.45, 2.75) is 13.0 Å². The number of methoxy groups -OCH3 is 1. The van der Waals surface area contributed by atoms with Gasteiger partial charge in [0.25, 0.3) is 0 Å². The molecule has 3 N–H and O–H groups in total. The predicted octanol–water partition coefficient (Wildman–Crippen LogP) is 2.62. The van der Waals surface area contributed by atoms with Crippen LogP contribution < -0.4 is 11.1 Å². The van der Waals surface area contributed by atoms with Gasteiger partial charge in [-0.25, -0.2) is 4.79 Å². The summed E-state index contributed by atoms with van der Waals surface area (Å²) in [5, 5.41) is 3.28. The van der Waals surface area contributed by atoms with Gasteiger partial charge in [0.2, 0.25) is 0 Å². The van der Waals surface area contributed by atoms with Gasteiger partial charge in [-0.3, -0.25) is 4.98 Å². The van der Waals surface area contributed by atoms with E-state index in [4.69, 9.17) is 10.5 Å². The number of nitrogens with two attached hydrogens (primary N) is 1. The quantitative estimate of drug-likeness (QED) is 0.660. The summed E-state index contributed by atoms with van der Waals surface area (Å²) in [7, 11) is 1.33. The SMILES string of the molecule is COC(=O)c1cc(NC(C)c2ccccn2)ccc1N. The second kappa shape index (κ2) is 6.06. The topological polar surface area (TPSA) is 77.2 Å². The molecule has 1 unspecified atom stereocenters. The molecule has 5 heteroatoms. The molecular formula is C15H17N3O2. The lowest BCUT2D eigenvalue weighted by Gasteiger charge is -2.15. The van der Waals surface area contributed by atoms with Crippen LogP contribution in [0.4, 0.5) is 11.4 Å². The number of rotatable bonds is 4.